The third-order valence-corrected chi connectivity index (χ3v) is 4.19. The van der Waals surface area contributed by atoms with Crippen LogP contribution in [0.25, 0.3) is 11.1 Å². The lowest BCUT2D eigenvalue weighted by atomic mass is 10.0. The highest BCUT2D eigenvalue weighted by molar-refractivity contribution is 9.11. The second-order valence-corrected chi connectivity index (χ2v) is 5.66. The molecule has 4 nitrogen and oxygen atoms in total. The number of hydrogen-bond acceptors (Lipinski definition) is 4. The molecule has 0 unspecified atom stereocenters. The molecule has 0 radical (unpaired) electrons. The highest BCUT2D eigenvalue weighted by Crippen LogP contribution is 2.50. The summed E-state index contributed by atoms with van der Waals surface area (Å²) in [6.07, 6.45) is 0. The van der Waals surface area contributed by atoms with Gasteiger partial charge in [0.1, 0.15) is 0 Å². The van der Waals surface area contributed by atoms with Crippen molar-refractivity contribution in [2.75, 3.05) is 14.2 Å². The average Bonchev–Trinajstić information content (AvgIpc) is 2.42. The standard InChI is InChI=1S/C14H12Br2O4/c1-19-9-5-3-7(15)11(13(9)17)12-8(16)4-6-10(20-2)14(12)18/h3-6,17-18H,1-2H3. The topological polar surface area (TPSA) is 58.9 Å². The van der Waals surface area contributed by atoms with Crippen molar-refractivity contribution in [1.82, 2.24) is 0 Å². The summed E-state index contributed by atoms with van der Waals surface area (Å²) in [5, 5.41) is 20.6. The predicted molar refractivity (Wildman–Crippen MR) is 83.7 cm³/mol. The molecule has 2 aromatic carbocycles. The van der Waals surface area contributed by atoms with Crippen LogP contribution in [0, 0.1) is 0 Å². The lowest BCUT2D eigenvalue weighted by molar-refractivity contribution is 0.370. The first-order valence-corrected chi connectivity index (χ1v) is 7.21. The van der Waals surface area contributed by atoms with Crippen LogP contribution in [0.5, 0.6) is 23.0 Å². The van der Waals surface area contributed by atoms with Crippen molar-refractivity contribution in [2.45, 2.75) is 0 Å². The molecule has 6 heteroatoms. The van der Waals surface area contributed by atoms with Gasteiger partial charge in [0.2, 0.25) is 0 Å². The molecule has 2 aromatic rings. The summed E-state index contributed by atoms with van der Waals surface area (Å²) in [4.78, 5) is 0. The Bertz CT molecular complexity index is 599. The first-order chi connectivity index (χ1) is 9.51. The molecule has 0 aliphatic carbocycles. The zero-order valence-corrected chi connectivity index (χ0v) is 13.9. The first-order valence-electron chi connectivity index (χ1n) is 5.62. The number of halogens is 2. The minimum atomic E-state index is -0.0638. The number of hydrogen-bond donors (Lipinski definition) is 2. The molecule has 0 fully saturated rings. The highest BCUT2D eigenvalue weighted by atomic mass is 79.9. The van der Waals surface area contributed by atoms with E-state index in [0.29, 0.717) is 31.6 Å². The van der Waals surface area contributed by atoms with E-state index in [1.54, 1.807) is 24.3 Å². The molecule has 0 aromatic heterocycles. The zero-order valence-electron chi connectivity index (χ0n) is 10.8. The number of rotatable bonds is 3. The fraction of sp³-hybridized carbons (Fsp3) is 0.143. The van der Waals surface area contributed by atoms with Crippen molar-refractivity contribution in [3.63, 3.8) is 0 Å². The molecule has 0 aliphatic heterocycles. The molecule has 0 heterocycles. The van der Waals surface area contributed by atoms with Crippen LogP contribution in [-0.2, 0) is 0 Å². The number of benzene rings is 2. The maximum atomic E-state index is 10.3. The summed E-state index contributed by atoms with van der Waals surface area (Å²) in [5.41, 5.74) is 0.847. The molecule has 0 spiro atoms. The summed E-state index contributed by atoms with van der Waals surface area (Å²) in [7, 11) is 2.93. The Balaban J connectivity index is 2.81. The van der Waals surface area contributed by atoms with Crippen molar-refractivity contribution in [3.05, 3.63) is 33.2 Å². The molecule has 2 N–H and O–H groups in total. The van der Waals surface area contributed by atoms with Gasteiger partial charge in [-0.05, 0) is 24.3 Å². The Labute approximate surface area is 133 Å². The SMILES string of the molecule is COc1ccc(Br)c(-c2c(Br)ccc(OC)c2O)c1O. The number of phenolic OH excluding ortho intramolecular Hbond substituents is 2. The number of phenols is 2. The van der Waals surface area contributed by atoms with Gasteiger partial charge in [-0.1, -0.05) is 31.9 Å². The van der Waals surface area contributed by atoms with Gasteiger partial charge in [0.25, 0.3) is 0 Å². The molecular weight excluding hydrogens is 392 g/mol. The van der Waals surface area contributed by atoms with E-state index in [9.17, 15) is 10.2 Å². The number of aromatic hydroxyl groups is 2. The molecule has 106 valence electrons. The zero-order chi connectivity index (χ0) is 14.9. The van der Waals surface area contributed by atoms with Crippen molar-refractivity contribution in [3.8, 4) is 34.1 Å². The number of methoxy groups -OCH3 is 2. The second kappa shape index (κ2) is 5.93. The Morgan fingerprint density at radius 3 is 1.40 bits per heavy atom. The lowest BCUT2D eigenvalue weighted by Gasteiger charge is -2.15. The van der Waals surface area contributed by atoms with E-state index in [4.69, 9.17) is 9.47 Å². The Hall–Kier alpha value is -1.40. The summed E-state index contributed by atoms with van der Waals surface area (Å²) >= 11 is 6.75. The van der Waals surface area contributed by atoms with Gasteiger partial charge in [0.05, 0.1) is 14.2 Å². The molecular formula is C14H12Br2O4. The fourth-order valence-corrected chi connectivity index (χ4v) is 2.94. The van der Waals surface area contributed by atoms with E-state index in [0.717, 1.165) is 0 Å². The van der Waals surface area contributed by atoms with Crippen LogP contribution in [0.3, 0.4) is 0 Å². The molecule has 0 bridgehead atoms. The normalized spacial score (nSPS) is 10.4. The van der Waals surface area contributed by atoms with Crippen LogP contribution in [0.4, 0.5) is 0 Å². The van der Waals surface area contributed by atoms with Crippen LogP contribution in [-0.4, -0.2) is 24.4 Å². The van der Waals surface area contributed by atoms with E-state index in [-0.39, 0.29) is 11.5 Å². The van der Waals surface area contributed by atoms with E-state index in [1.807, 2.05) is 0 Å². The third-order valence-electron chi connectivity index (χ3n) is 2.87. The molecule has 2 rings (SSSR count). The Morgan fingerprint density at radius 2 is 1.10 bits per heavy atom. The molecule has 0 saturated heterocycles. The van der Waals surface area contributed by atoms with Crippen molar-refractivity contribution >= 4 is 31.9 Å². The van der Waals surface area contributed by atoms with Crippen LogP contribution in [0.1, 0.15) is 0 Å². The van der Waals surface area contributed by atoms with Crippen LogP contribution >= 0.6 is 31.9 Å². The maximum absolute atomic E-state index is 10.3. The first kappa shape index (κ1) is 15.0. The lowest BCUT2D eigenvalue weighted by Crippen LogP contribution is -1.91. The second-order valence-electron chi connectivity index (χ2n) is 3.95. The third kappa shape index (κ3) is 2.45. The quantitative estimate of drug-likeness (QED) is 0.801. The van der Waals surface area contributed by atoms with Gasteiger partial charge in [-0.15, -0.1) is 0 Å². The largest absolute Gasteiger partial charge is 0.504 e. The smallest absolute Gasteiger partial charge is 0.166 e. The number of ether oxygens (including phenoxy) is 2. The minimum absolute atomic E-state index is 0.0638. The molecule has 0 saturated carbocycles. The average molecular weight is 404 g/mol. The Morgan fingerprint density at radius 1 is 0.750 bits per heavy atom. The fourth-order valence-electron chi connectivity index (χ4n) is 1.90. The van der Waals surface area contributed by atoms with Crippen LogP contribution < -0.4 is 9.47 Å². The highest BCUT2D eigenvalue weighted by Gasteiger charge is 2.21. The summed E-state index contributed by atoms with van der Waals surface area (Å²) in [6.45, 7) is 0. The Kier molecular flexibility index (Phi) is 4.45. The molecule has 0 amide bonds. The van der Waals surface area contributed by atoms with E-state index in [2.05, 4.69) is 31.9 Å². The van der Waals surface area contributed by atoms with E-state index >= 15 is 0 Å². The van der Waals surface area contributed by atoms with Gasteiger partial charge >= 0.3 is 0 Å². The van der Waals surface area contributed by atoms with Gasteiger partial charge in [-0.2, -0.15) is 0 Å². The van der Waals surface area contributed by atoms with Gasteiger partial charge in [0.15, 0.2) is 23.0 Å². The summed E-state index contributed by atoms with van der Waals surface area (Å²) in [5.74, 6) is 0.506. The van der Waals surface area contributed by atoms with Crippen LogP contribution in [0.15, 0.2) is 33.2 Å². The monoisotopic (exact) mass is 402 g/mol. The van der Waals surface area contributed by atoms with Gasteiger partial charge in [-0.25, -0.2) is 0 Å². The van der Waals surface area contributed by atoms with Gasteiger partial charge < -0.3 is 19.7 Å². The van der Waals surface area contributed by atoms with Crippen molar-refractivity contribution in [2.24, 2.45) is 0 Å². The maximum Gasteiger partial charge on any atom is 0.166 e. The molecule has 0 aliphatic rings. The van der Waals surface area contributed by atoms with Crippen molar-refractivity contribution in [1.29, 1.82) is 0 Å². The van der Waals surface area contributed by atoms with E-state index < -0.39 is 0 Å². The molecule has 20 heavy (non-hydrogen) atoms. The van der Waals surface area contributed by atoms with Crippen LogP contribution in [0.2, 0.25) is 0 Å². The molecule has 0 atom stereocenters. The van der Waals surface area contributed by atoms with Gasteiger partial charge in [0, 0.05) is 20.1 Å². The van der Waals surface area contributed by atoms with Gasteiger partial charge in [-0.3, -0.25) is 0 Å². The summed E-state index contributed by atoms with van der Waals surface area (Å²) in [6, 6.07) is 6.74. The predicted octanol–water partition coefficient (Wildman–Crippen LogP) is 4.31. The van der Waals surface area contributed by atoms with E-state index in [1.165, 1.54) is 14.2 Å². The summed E-state index contributed by atoms with van der Waals surface area (Å²) < 4.78 is 11.4. The van der Waals surface area contributed by atoms with Crippen molar-refractivity contribution < 1.29 is 19.7 Å². The minimum Gasteiger partial charge on any atom is -0.504 e.